The summed E-state index contributed by atoms with van der Waals surface area (Å²) in [5.41, 5.74) is 7.19. The first-order valence-electron chi connectivity index (χ1n) is 12.0. The van der Waals surface area contributed by atoms with Crippen LogP contribution in [0.4, 0.5) is 5.69 Å². The van der Waals surface area contributed by atoms with Crippen LogP contribution < -0.4 is 15.0 Å². The number of pyridine rings is 1. The molecule has 1 fully saturated rings. The van der Waals surface area contributed by atoms with Crippen LogP contribution in [0.15, 0.2) is 72.9 Å². The van der Waals surface area contributed by atoms with E-state index in [1.807, 2.05) is 30.5 Å². The van der Waals surface area contributed by atoms with Crippen LogP contribution in [0, 0.1) is 0 Å². The first-order chi connectivity index (χ1) is 16.8. The van der Waals surface area contributed by atoms with Crippen LogP contribution in [0.5, 0.6) is 5.75 Å². The fourth-order valence-electron chi connectivity index (χ4n) is 5.23. The van der Waals surface area contributed by atoms with Crippen molar-refractivity contribution in [3.8, 4) is 5.75 Å². The van der Waals surface area contributed by atoms with Crippen LogP contribution in [0.1, 0.15) is 55.2 Å². The number of nitrogens with zero attached hydrogens (tertiary/aromatic N) is 3. The molecule has 2 atom stereocenters. The van der Waals surface area contributed by atoms with Gasteiger partial charge in [-0.15, -0.1) is 0 Å². The van der Waals surface area contributed by atoms with Gasteiger partial charge in [-0.25, -0.2) is 0 Å². The maximum absolute atomic E-state index is 5.88. The molecule has 0 unspecified atom stereocenters. The van der Waals surface area contributed by atoms with Crippen LogP contribution in [0.25, 0.3) is 5.57 Å². The minimum absolute atomic E-state index is 0.0119. The minimum Gasteiger partial charge on any atom is -0.497 e. The van der Waals surface area contributed by atoms with Gasteiger partial charge in [-0.3, -0.25) is 4.98 Å². The normalized spacial score (nSPS) is 20.8. The second-order valence-corrected chi connectivity index (χ2v) is 10.3. The lowest BCUT2D eigenvalue weighted by Gasteiger charge is -2.41. The highest BCUT2D eigenvalue weighted by Gasteiger charge is 2.40. The number of likely N-dealkylation sites (N-methyl/N-ethyl adjacent to an activating group) is 1. The summed E-state index contributed by atoms with van der Waals surface area (Å²) in [6.07, 6.45) is 4.20. The fraction of sp³-hybridized carbons (Fsp3) is 0.310. The van der Waals surface area contributed by atoms with E-state index in [1.165, 1.54) is 28.0 Å². The van der Waals surface area contributed by atoms with E-state index in [2.05, 4.69) is 90.4 Å². The minimum atomic E-state index is -0.0398. The number of ether oxygens (including phenoxy) is 1. The molecule has 0 radical (unpaired) electrons. The van der Waals surface area contributed by atoms with Gasteiger partial charge in [-0.1, -0.05) is 30.3 Å². The van der Waals surface area contributed by atoms with E-state index in [0.29, 0.717) is 6.54 Å². The highest BCUT2D eigenvalue weighted by Crippen LogP contribution is 2.44. The van der Waals surface area contributed by atoms with Crippen LogP contribution in [-0.2, 0) is 6.54 Å². The summed E-state index contributed by atoms with van der Waals surface area (Å²) in [7, 11) is 3.85. The van der Waals surface area contributed by atoms with E-state index in [9.17, 15) is 0 Å². The summed E-state index contributed by atoms with van der Waals surface area (Å²) >= 11 is 5.88. The van der Waals surface area contributed by atoms with Gasteiger partial charge >= 0.3 is 0 Å². The zero-order valence-electron chi connectivity index (χ0n) is 20.9. The van der Waals surface area contributed by atoms with Crippen LogP contribution in [0.3, 0.4) is 0 Å². The van der Waals surface area contributed by atoms with Gasteiger partial charge in [0.15, 0.2) is 5.11 Å². The smallest absolute Gasteiger partial charge is 0.170 e. The summed E-state index contributed by atoms with van der Waals surface area (Å²) in [4.78, 5) is 9.32. The Morgan fingerprint density at radius 3 is 2.54 bits per heavy atom. The predicted octanol–water partition coefficient (Wildman–Crippen LogP) is 5.89. The average Bonchev–Trinajstić information content (AvgIpc) is 3.19. The molecule has 2 aliphatic rings. The second-order valence-electron chi connectivity index (χ2n) is 9.92. The third-order valence-electron chi connectivity index (χ3n) is 7.29. The second kappa shape index (κ2) is 9.00. The number of benzene rings is 2. The highest BCUT2D eigenvalue weighted by molar-refractivity contribution is 7.80. The molecule has 0 saturated carbocycles. The van der Waals surface area contributed by atoms with E-state index in [-0.39, 0.29) is 17.6 Å². The van der Waals surface area contributed by atoms with E-state index >= 15 is 0 Å². The maximum Gasteiger partial charge on any atom is 0.170 e. The van der Waals surface area contributed by atoms with Crippen molar-refractivity contribution in [3.63, 3.8) is 0 Å². The first kappa shape index (κ1) is 23.4. The number of rotatable bonds is 5. The number of allylic oxidation sites excluding steroid dienone is 1. The molecule has 0 aliphatic carbocycles. The highest BCUT2D eigenvalue weighted by atomic mass is 32.1. The molecular weight excluding hydrogens is 452 g/mol. The molecule has 1 N–H and O–H groups in total. The van der Waals surface area contributed by atoms with Crippen LogP contribution >= 0.6 is 12.2 Å². The Kier molecular flexibility index (Phi) is 6.01. The molecule has 0 amide bonds. The number of hydrogen-bond donors (Lipinski definition) is 1. The van der Waals surface area contributed by atoms with E-state index in [4.69, 9.17) is 17.0 Å². The summed E-state index contributed by atoms with van der Waals surface area (Å²) in [6.45, 7) is 7.41. The largest absolute Gasteiger partial charge is 0.497 e. The van der Waals surface area contributed by atoms with Crippen molar-refractivity contribution in [1.29, 1.82) is 0 Å². The number of methoxy groups -OCH3 is 1. The van der Waals surface area contributed by atoms with Gasteiger partial charge in [0, 0.05) is 31.0 Å². The van der Waals surface area contributed by atoms with Gasteiger partial charge < -0.3 is 19.9 Å². The summed E-state index contributed by atoms with van der Waals surface area (Å²) in [6, 6.07) is 21.1. The Morgan fingerprint density at radius 2 is 1.86 bits per heavy atom. The SMILES string of the molecule is COc1ccc(CN2C(=S)N[C@@H](c3ccccn3)[C@H]2c2ccc3c(c2)C(C)=CC(C)(C)N3C)cc1. The summed E-state index contributed by atoms with van der Waals surface area (Å²) in [5.74, 6) is 0.850. The Bertz CT molecular complexity index is 1270. The number of thiocarbonyl (C=S) groups is 1. The van der Waals surface area contributed by atoms with E-state index in [1.54, 1.807) is 7.11 Å². The number of aromatic nitrogens is 1. The maximum atomic E-state index is 5.88. The number of hydrogen-bond acceptors (Lipinski definition) is 4. The molecule has 0 spiro atoms. The molecule has 1 aromatic heterocycles. The van der Waals surface area contributed by atoms with Crippen molar-refractivity contribution in [2.24, 2.45) is 0 Å². The zero-order chi connectivity index (χ0) is 24.7. The van der Waals surface area contributed by atoms with Crippen molar-refractivity contribution in [1.82, 2.24) is 15.2 Å². The molecule has 2 aromatic carbocycles. The Labute approximate surface area is 213 Å². The van der Waals surface area contributed by atoms with Gasteiger partial charge in [0.2, 0.25) is 0 Å². The lowest BCUT2D eigenvalue weighted by molar-refractivity contribution is 0.311. The molecule has 5 nitrogen and oxygen atoms in total. The molecule has 0 bridgehead atoms. The third-order valence-corrected chi connectivity index (χ3v) is 7.64. The van der Waals surface area contributed by atoms with Gasteiger partial charge in [-0.05, 0) is 86.1 Å². The molecule has 2 aliphatic heterocycles. The number of anilines is 1. The summed E-state index contributed by atoms with van der Waals surface area (Å²) < 4.78 is 5.34. The number of nitrogens with one attached hydrogen (secondary N) is 1. The molecule has 3 heterocycles. The molecule has 5 rings (SSSR count). The van der Waals surface area contributed by atoms with Gasteiger partial charge in [0.1, 0.15) is 5.75 Å². The quantitative estimate of drug-likeness (QED) is 0.455. The van der Waals surface area contributed by atoms with E-state index in [0.717, 1.165) is 16.6 Å². The molecule has 35 heavy (non-hydrogen) atoms. The Balaban J connectivity index is 1.57. The van der Waals surface area contributed by atoms with Crippen LogP contribution in [0.2, 0.25) is 0 Å². The van der Waals surface area contributed by atoms with Crippen molar-refractivity contribution in [2.45, 2.75) is 44.9 Å². The standard InChI is InChI=1S/C29H32N4OS/c1-19-17-29(2,3)32(4)25-14-11-21(16-23(19)25)27-26(24-8-6-7-15-30-24)31-28(35)33(27)18-20-9-12-22(34-5)13-10-20/h6-17,26-27H,18H2,1-5H3,(H,31,35)/t26-,27+/m0/s1. The van der Waals surface area contributed by atoms with E-state index < -0.39 is 0 Å². The number of fused-ring (bicyclic) bond motifs is 1. The average molecular weight is 485 g/mol. The van der Waals surface area contributed by atoms with Gasteiger partial charge in [0.25, 0.3) is 0 Å². The molecule has 3 aromatic rings. The predicted molar refractivity (Wildman–Crippen MR) is 147 cm³/mol. The van der Waals surface area contributed by atoms with Gasteiger partial charge in [-0.2, -0.15) is 0 Å². The molecule has 180 valence electrons. The van der Waals surface area contributed by atoms with Crippen molar-refractivity contribution >= 4 is 28.6 Å². The van der Waals surface area contributed by atoms with Crippen molar-refractivity contribution in [2.75, 3.05) is 19.1 Å². The molecule has 6 heteroatoms. The zero-order valence-corrected chi connectivity index (χ0v) is 21.8. The van der Waals surface area contributed by atoms with Crippen molar-refractivity contribution in [3.05, 3.63) is 95.3 Å². The fourth-order valence-corrected chi connectivity index (χ4v) is 5.53. The van der Waals surface area contributed by atoms with Crippen molar-refractivity contribution < 1.29 is 4.74 Å². The van der Waals surface area contributed by atoms with Crippen LogP contribution in [-0.4, -0.2) is 34.7 Å². The lowest BCUT2D eigenvalue weighted by Crippen LogP contribution is -2.42. The Morgan fingerprint density at radius 1 is 1.09 bits per heavy atom. The third kappa shape index (κ3) is 4.27. The molecular formula is C29H32N4OS. The summed E-state index contributed by atoms with van der Waals surface area (Å²) in [5, 5.41) is 4.31. The van der Waals surface area contributed by atoms with Gasteiger partial charge in [0.05, 0.1) is 30.4 Å². The molecule has 1 saturated heterocycles. The first-order valence-corrected chi connectivity index (χ1v) is 12.4. The monoisotopic (exact) mass is 484 g/mol. The lowest BCUT2D eigenvalue weighted by atomic mass is 9.86. The Hall–Kier alpha value is -3.38. The topological polar surface area (TPSA) is 40.6 Å².